The minimum Gasteiger partial charge on any atom is -0.135 e. The molecule has 0 spiro atoms. The predicted octanol–water partition coefficient (Wildman–Crippen LogP) is 2.11. The molecule has 0 aromatic carbocycles. The molecule has 0 rings (SSSR count). The second-order valence-corrected chi connectivity index (χ2v) is 2.43. The van der Waals surface area contributed by atoms with Crippen molar-refractivity contribution in [3.63, 3.8) is 0 Å². The van der Waals surface area contributed by atoms with Crippen molar-refractivity contribution in [2.45, 2.75) is 25.5 Å². The Balaban J connectivity index is 3.04. The summed E-state index contributed by atoms with van der Waals surface area (Å²) in [5.41, 5.74) is 5.20. The largest absolute Gasteiger partial charge is 0.135 e. The minimum atomic E-state index is 0.630. The molecule has 0 bridgehead atoms. The Hall–Kier alpha value is 0. The molecule has 36 valence electrons. The summed E-state index contributed by atoms with van der Waals surface area (Å²) in [6, 6.07) is 0. The van der Waals surface area contributed by atoms with Gasteiger partial charge >= 0.3 is 0 Å². The first-order valence-electron chi connectivity index (χ1n) is 2.16. The highest BCUT2D eigenvalue weighted by Crippen LogP contribution is 1.98. The van der Waals surface area contributed by atoms with Crippen molar-refractivity contribution >= 4 is 11.2 Å². The average molecular weight is 102 g/mol. The lowest BCUT2D eigenvalue weighted by Crippen LogP contribution is -1.83. The Morgan fingerprint density at radius 2 is 2.33 bits per heavy atom. The first-order valence-corrected chi connectivity index (χ1v) is 3.11. The van der Waals surface area contributed by atoms with Crippen LogP contribution in [0.2, 0.25) is 0 Å². The number of hydrogen-bond donors (Lipinski definition) is 0. The van der Waals surface area contributed by atoms with Gasteiger partial charge in [0.25, 0.3) is 0 Å². The van der Waals surface area contributed by atoms with Crippen molar-refractivity contribution in [1.82, 2.24) is 0 Å². The molecule has 6 heavy (non-hydrogen) atoms. The second-order valence-electron chi connectivity index (χ2n) is 1.35. The SMILES string of the molecule is C#SC(C)CC. The highest BCUT2D eigenvalue weighted by Gasteiger charge is 1.85. The summed E-state index contributed by atoms with van der Waals surface area (Å²) in [5.74, 6) is 0. The number of hydrogen-bond acceptors (Lipinski definition) is 0. The summed E-state index contributed by atoms with van der Waals surface area (Å²) in [7, 11) is 0. The molecule has 0 aromatic rings. The molecule has 0 N–H and O–H groups in total. The molecule has 0 fully saturated rings. The molecular weight excluding hydrogens is 92.1 g/mol. The summed E-state index contributed by atoms with van der Waals surface area (Å²) < 4.78 is 0. The standard InChI is InChI=1S/C5H10S/c1-4-5(2)6-3/h3,5H,4H2,1-2H3. The van der Waals surface area contributed by atoms with Crippen LogP contribution < -0.4 is 0 Å². The Kier molecular flexibility index (Phi) is 3.20. The molecule has 0 nitrogen and oxygen atoms in total. The predicted molar refractivity (Wildman–Crippen MR) is 32.3 cm³/mol. The molecular formula is C5H10S. The highest BCUT2D eigenvalue weighted by molar-refractivity contribution is 7.88. The lowest BCUT2D eigenvalue weighted by Gasteiger charge is -1.90. The maximum atomic E-state index is 5.20. The van der Waals surface area contributed by atoms with Crippen LogP contribution in [0.1, 0.15) is 20.3 Å². The summed E-state index contributed by atoms with van der Waals surface area (Å²) in [4.78, 5) is 0. The Labute approximate surface area is 43.2 Å². The molecule has 0 saturated heterocycles. The summed E-state index contributed by atoms with van der Waals surface area (Å²) in [6.45, 7) is 4.25. The molecule has 1 heteroatoms. The van der Waals surface area contributed by atoms with E-state index in [9.17, 15) is 0 Å². The maximum Gasteiger partial charge on any atom is 0.0257 e. The maximum absolute atomic E-state index is 5.20. The highest BCUT2D eigenvalue weighted by atomic mass is 32.1. The van der Waals surface area contributed by atoms with E-state index in [4.69, 9.17) is 5.69 Å². The van der Waals surface area contributed by atoms with E-state index in [0.717, 1.165) is 0 Å². The van der Waals surface area contributed by atoms with Crippen LogP contribution in [-0.2, 0) is 0 Å². The molecule has 0 saturated carbocycles. The van der Waals surface area contributed by atoms with Crippen molar-refractivity contribution in [3.05, 3.63) is 0 Å². The fraction of sp³-hybridized carbons (Fsp3) is 0.800. The molecule has 1 unspecified atom stereocenters. The zero-order valence-corrected chi connectivity index (χ0v) is 5.09. The van der Waals surface area contributed by atoms with Gasteiger partial charge in [0, 0.05) is 5.25 Å². The van der Waals surface area contributed by atoms with Gasteiger partial charge in [0.05, 0.1) is 0 Å². The summed E-state index contributed by atoms with van der Waals surface area (Å²) in [5, 5.41) is 0.630. The van der Waals surface area contributed by atoms with E-state index in [-0.39, 0.29) is 0 Å². The smallest absolute Gasteiger partial charge is 0.0257 e. The first kappa shape index (κ1) is 6.00. The number of rotatable bonds is 1. The molecule has 0 aromatic heterocycles. The quantitative estimate of drug-likeness (QED) is 0.475. The van der Waals surface area contributed by atoms with Gasteiger partial charge in [0.1, 0.15) is 0 Å². The zero-order chi connectivity index (χ0) is 4.99. The van der Waals surface area contributed by atoms with Crippen LogP contribution in [-0.4, -0.2) is 5.25 Å². The van der Waals surface area contributed by atoms with Crippen LogP contribution in [0.4, 0.5) is 0 Å². The van der Waals surface area contributed by atoms with Gasteiger partial charge in [-0.05, 0) is 13.3 Å². The monoisotopic (exact) mass is 102 g/mol. The Bertz CT molecular complexity index is 60.8. The molecule has 0 aliphatic carbocycles. The van der Waals surface area contributed by atoms with Gasteiger partial charge in [-0.2, -0.15) is 0 Å². The van der Waals surface area contributed by atoms with Gasteiger partial charge in [0.15, 0.2) is 0 Å². The van der Waals surface area contributed by atoms with Gasteiger partial charge in [-0.1, -0.05) is 6.92 Å². The summed E-state index contributed by atoms with van der Waals surface area (Å²) >= 11 is 1.42. The Morgan fingerprint density at radius 3 is 2.33 bits per heavy atom. The third-order valence-corrected chi connectivity index (χ3v) is 1.61. The van der Waals surface area contributed by atoms with Crippen LogP contribution >= 0.6 is 11.2 Å². The lowest BCUT2D eigenvalue weighted by atomic mass is 10.4. The van der Waals surface area contributed by atoms with Crippen LogP contribution in [0.5, 0.6) is 0 Å². The fourth-order valence-corrected chi connectivity index (χ4v) is 0.289. The van der Waals surface area contributed by atoms with E-state index in [1.54, 1.807) is 0 Å². The van der Waals surface area contributed by atoms with E-state index in [1.807, 2.05) is 0 Å². The minimum absolute atomic E-state index is 0.630. The van der Waals surface area contributed by atoms with E-state index in [0.29, 0.717) is 5.25 Å². The molecule has 0 amide bonds. The van der Waals surface area contributed by atoms with Gasteiger partial charge in [-0.3, -0.25) is 0 Å². The third kappa shape index (κ3) is 2.25. The van der Waals surface area contributed by atoms with Gasteiger partial charge in [-0.15, -0.1) is 16.9 Å². The van der Waals surface area contributed by atoms with Crippen molar-refractivity contribution < 1.29 is 0 Å². The molecule has 0 radical (unpaired) electrons. The third-order valence-electron chi connectivity index (χ3n) is 0.807. The van der Waals surface area contributed by atoms with Crippen molar-refractivity contribution in [2.75, 3.05) is 0 Å². The van der Waals surface area contributed by atoms with Crippen LogP contribution in [0.25, 0.3) is 0 Å². The molecule has 0 aliphatic rings. The van der Waals surface area contributed by atoms with E-state index < -0.39 is 0 Å². The van der Waals surface area contributed by atoms with E-state index >= 15 is 0 Å². The van der Waals surface area contributed by atoms with Crippen molar-refractivity contribution in [3.8, 4) is 5.69 Å². The van der Waals surface area contributed by atoms with E-state index in [2.05, 4.69) is 13.8 Å². The first-order chi connectivity index (χ1) is 2.81. The molecule has 0 aliphatic heterocycles. The van der Waals surface area contributed by atoms with Gasteiger partial charge in [-0.25, -0.2) is 0 Å². The molecule has 1 atom stereocenters. The normalized spacial score (nSPS) is 13.5. The van der Waals surface area contributed by atoms with Crippen LogP contribution in [0.15, 0.2) is 0 Å². The zero-order valence-electron chi connectivity index (χ0n) is 4.27. The second kappa shape index (κ2) is 3.20. The molecule has 0 heterocycles. The van der Waals surface area contributed by atoms with Crippen LogP contribution in [0, 0.1) is 5.69 Å². The van der Waals surface area contributed by atoms with Gasteiger partial charge < -0.3 is 0 Å². The van der Waals surface area contributed by atoms with Gasteiger partial charge in [0.2, 0.25) is 0 Å². The van der Waals surface area contributed by atoms with E-state index in [1.165, 1.54) is 17.6 Å². The summed E-state index contributed by atoms with van der Waals surface area (Å²) in [6.07, 6.45) is 1.17. The van der Waals surface area contributed by atoms with Crippen molar-refractivity contribution in [2.24, 2.45) is 0 Å². The lowest BCUT2D eigenvalue weighted by molar-refractivity contribution is 0.912. The topological polar surface area (TPSA) is 0 Å². The van der Waals surface area contributed by atoms with Crippen molar-refractivity contribution in [1.29, 1.82) is 0 Å². The Morgan fingerprint density at radius 1 is 1.83 bits per heavy atom. The fourth-order valence-electron chi connectivity index (χ4n) is 0.0962. The van der Waals surface area contributed by atoms with Crippen LogP contribution in [0.3, 0.4) is 0 Å². The average Bonchev–Trinajstić information content (AvgIpc) is 1.65.